The van der Waals surface area contributed by atoms with E-state index in [-0.39, 0.29) is 5.91 Å². The highest BCUT2D eigenvalue weighted by Crippen LogP contribution is 2.42. The van der Waals surface area contributed by atoms with Crippen molar-refractivity contribution in [3.63, 3.8) is 0 Å². The van der Waals surface area contributed by atoms with Gasteiger partial charge in [0.05, 0.1) is 21.9 Å². The molecule has 5 rings (SSSR count). The lowest BCUT2D eigenvalue weighted by atomic mass is 10.1. The third kappa shape index (κ3) is 4.11. The molecule has 1 fully saturated rings. The zero-order valence-corrected chi connectivity index (χ0v) is 18.1. The number of carbonyl (C=O) groups is 1. The topological polar surface area (TPSA) is 92.2 Å². The SMILES string of the molecule is Cc1cnc(NC(=O)c2cc3c(cn2)NC(=Nc2c(Cl)cncc2Cl)C3)cc1C1CC1. The van der Waals surface area contributed by atoms with Gasteiger partial charge in [0.2, 0.25) is 0 Å². The molecule has 2 N–H and O–H groups in total. The van der Waals surface area contributed by atoms with Crippen molar-refractivity contribution >= 4 is 52.1 Å². The number of anilines is 2. The number of carbonyl (C=O) groups excluding carboxylic acids is 1. The van der Waals surface area contributed by atoms with Crippen LogP contribution in [0.1, 0.15) is 45.9 Å². The highest BCUT2D eigenvalue weighted by atomic mass is 35.5. The second-order valence-electron chi connectivity index (χ2n) is 7.69. The quantitative estimate of drug-likeness (QED) is 0.558. The van der Waals surface area contributed by atoms with E-state index < -0.39 is 0 Å². The van der Waals surface area contributed by atoms with E-state index >= 15 is 0 Å². The molecule has 31 heavy (non-hydrogen) atoms. The van der Waals surface area contributed by atoms with E-state index in [1.54, 1.807) is 18.5 Å². The summed E-state index contributed by atoms with van der Waals surface area (Å²) in [4.78, 5) is 29.8. The maximum absolute atomic E-state index is 12.8. The van der Waals surface area contributed by atoms with Crippen LogP contribution in [0.15, 0.2) is 41.9 Å². The minimum atomic E-state index is -0.300. The second kappa shape index (κ2) is 7.90. The summed E-state index contributed by atoms with van der Waals surface area (Å²) in [5.41, 5.74) is 4.89. The predicted octanol–water partition coefficient (Wildman–Crippen LogP) is 5.31. The molecule has 0 bridgehead atoms. The molecular formula is C22H18Cl2N6O. The van der Waals surface area contributed by atoms with Crippen molar-refractivity contribution in [1.29, 1.82) is 0 Å². The Morgan fingerprint density at radius 2 is 1.90 bits per heavy atom. The van der Waals surface area contributed by atoms with Crippen LogP contribution in [0.25, 0.3) is 0 Å². The molecule has 3 aromatic heterocycles. The number of hydrogen-bond donors (Lipinski definition) is 2. The molecule has 156 valence electrons. The Bertz CT molecular complexity index is 1220. The molecule has 0 saturated heterocycles. The summed E-state index contributed by atoms with van der Waals surface area (Å²) < 4.78 is 0. The van der Waals surface area contributed by atoms with Crippen LogP contribution >= 0.6 is 23.2 Å². The third-order valence-electron chi connectivity index (χ3n) is 5.34. The van der Waals surface area contributed by atoms with Crippen LogP contribution in [-0.4, -0.2) is 26.7 Å². The molecule has 1 amide bonds. The van der Waals surface area contributed by atoms with Gasteiger partial charge in [-0.1, -0.05) is 23.2 Å². The highest BCUT2D eigenvalue weighted by molar-refractivity contribution is 6.38. The van der Waals surface area contributed by atoms with E-state index in [4.69, 9.17) is 23.2 Å². The number of aryl methyl sites for hydroxylation is 1. The molecule has 0 radical (unpaired) electrons. The zero-order chi connectivity index (χ0) is 21.5. The van der Waals surface area contributed by atoms with Gasteiger partial charge in [0, 0.05) is 25.0 Å². The standard InChI is InChI=1S/C22H18Cl2N6O/c1-11-7-27-19(6-14(11)12-2-3-12)30-22(31)17-4-13-5-20(28-18(13)10-26-17)29-21-15(23)8-25-9-16(21)24/h4,6-10,12H,2-3,5H2,1H3,(H,25,28,29)(H,27,30,31). The number of rotatable bonds is 4. The van der Waals surface area contributed by atoms with E-state index in [2.05, 4.69) is 30.6 Å². The lowest BCUT2D eigenvalue weighted by molar-refractivity contribution is 0.102. The fraction of sp³-hybridized carbons (Fsp3) is 0.227. The smallest absolute Gasteiger partial charge is 0.275 e. The number of pyridine rings is 3. The maximum Gasteiger partial charge on any atom is 0.275 e. The molecule has 0 aromatic carbocycles. The highest BCUT2D eigenvalue weighted by Gasteiger charge is 2.26. The maximum atomic E-state index is 12.8. The van der Waals surface area contributed by atoms with Gasteiger partial charge in [-0.2, -0.15) is 0 Å². The van der Waals surface area contributed by atoms with Crippen molar-refractivity contribution in [3.8, 4) is 0 Å². The van der Waals surface area contributed by atoms with Gasteiger partial charge >= 0.3 is 0 Å². The number of halogens is 2. The van der Waals surface area contributed by atoms with Crippen molar-refractivity contribution < 1.29 is 4.79 Å². The Labute approximate surface area is 189 Å². The number of aliphatic imine (C=N–C) groups is 1. The number of nitrogens with zero attached hydrogens (tertiary/aromatic N) is 4. The summed E-state index contributed by atoms with van der Waals surface area (Å²) in [5.74, 6) is 1.50. The summed E-state index contributed by atoms with van der Waals surface area (Å²) in [7, 11) is 0. The van der Waals surface area contributed by atoms with Crippen molar-refractivity contribution in [2.45, 2.75) is 32.1 Å². The first-order chi connectivity index (χ1) is 15.0. The number of amides is 1. The second-order valence-corrected chi connectivity index (χ2v) is 8.51. The fourth-order valence-corrected chi connectivity index (χ4v) is 4.05. The predicted molar refractivity (Wildman–Crippen MR) is 122 cm³/mol. The number of nitrogens with one attached hydrogen (secondary N) is 2. The van der Waals surface area contributed by atoms with Gasteiger partial charge in [-0.25, -0.2) is 15.0 Å². The Hall–Kier alpha value is -3.03. The van der Waals surface area contributed by atoms with Crippen molar-refractivity contribution in [2.24, 2.45) is 4.99 Å². The molecule has 1 saturated carbocycles. The van der Waals surface area contributed by atoms with E-state index in [1.165, 1.54) is 30.8 Å². The lowest BCUT2D eigenvalue weighted by Gasteiger charge is -2.09. The summed E-state index contributed by atoms with van der Waals surface area (Å²) in [6.45, 7) is 2.05. The van der Waals surface area contributed by atoms with E-state index in [9.17, 15) is 4.79 Å². The molecule has 3 aromatic rings. The number of amidine groups is 1. The van der Waals surface area contributed by atoms with Crippen LogP contribution in [0, 0.1) is 6.92 Å². The van der Waals surface area contributed by atoms with Crippen LogP contribution in [0.3, 0.4) is 0 Å². The molecule has 1 aliphatic carbocycles. The van der Waals surface area contributed by atoms with Crippen LogP contribution in [0.5, 0.6) is 0 Å². The third-order valence-corrected chi connectivity index (χ3v) is 5.89. The number of aromatic nitrogens is 3. The van der Waals surface area contributed by atoms with E-state index in [0.29, 0.717) is 45.4 Å². The van der Waals surface area contributed by atoms with E-state index in [1.807, 2.05) is 13.0 Å². The summed E-state index contributed by atoms with van der Waals surface area (Å²) in [6.07, 6.45) is 9.30. The monoisotopic (exact) mass is 452 g/mol. The first kappa shape index (κ1) is 19.9. The first-order valence-electron chi connectivity index (χ1n) is 9.88. The van der Waals surface area contributed by atoms with Gasteiger partial charge in [0.15, 0.2) is 0 Å². The molecule has 4 heterocycles. The summed E-state index contributed by atoms with van der Waals surface area (Å²) in [6, 6.07) is 3.72. The average molecular weight is 453 g/mol. The van der Waals surface area contributed by atoms with Crippen LogP contribution in [-0.2, 0) is 6.42 Å². The van der Waals surface area contributed by atoms with Crippen LogP contribution in [0.2, 0.25) is 10.0 Å². The molecule has 0 unspecified atom stereocenters. The Morgan fingerprint density at radius 1 is 1.13 bits per heavy atom. The minimum Gasteiger partial charge on any atom is -0.342 e. The number of fused-ring (bicyclic) bond motifs is 1. The van der Waals surface area contributed by atoms with Gasteiger partial charge < -0.3 is 10.6 Å². The van der Waals surface area contributed by atoms with Gasteiger partial charge in [0.25, 0.3) is 5.91 Å². The van der Waals surface area contributed by atoms with Crippen molar-refractivity contribution in [1.82, 2.24) is 15.0 Å². The fourth-order valence-electron chi connectivity index (χ4n) is 3.60. The normalized spacial score (nSPS) is 16.2. The summed E-state index contributed by atoms with van der Waals surface area (Å²) in [5, 5.41) is 6.79. The van der Waals surface area contributed by atoms with Gasteiger partial charge in [0.1, 0.15) is 23.0 Å². The Kier molecular flexibility index (Phi) is 5.08. The largest absolute Gasteiger partial charge is 0.342 e. The van der Waals surface area contributed by atoms with E-state index in [0.717, 1.165) is 16.8 Å². The molecule has 9 heteroatoms. The molecule has 0 spiro atoms. The van der Waals surface area contributed by atoms with Gasteiger partial charge in [-0.15, -0.1) is 0 Å². The average Bonchev–Trinajstić information content (AvgIpc) is 3.51. The van der Waals surface area contributed by atoms with Crippen molar-refractivity contribution in [3.05, 3.63) is 69.3 Å². The van der Waals surface area contributed by atoms with Crippen molar-refractivity contribution in [2.75, 3.05) is 10.6 Å². The Morgan fingerprint density at radius 3 is 2.65 bits per heavy atom. The van der Waals surface area contributed by atoms with Gasteiger partial charge in [-0.05, 0) is 54.5 Å². The lowest BCUT2D eigenvalue weighted by Crippen LogP contribution is -2.15. The molecule has 0 atom stereocenters. The first-order valence-corrected chi connectivity index (χ1v) is 10.6. The number of hydrogen-bond acceptors (Lipinski definition) is 5. The van der Waals surface area contributed by atoms with Gasteiger partial charge in [-0.3, -0.25) is 9.78 Å². The molecule has 1 aliphatic heterocycles. The summed E-state index contributed by atoms with van der Waals surface area (Å²) >= 11 is 12.3. The van der Waals surface area contributed by atoms with Crippen LogP contribution < -0.4 is 10.6 Å². The van der Waals surface area contributed by atoms with Crippen LogP contribution in [0.4, 0.5) is 17.2 Å². The Balaban J connectivity index is 1.34. The minimum absolute atomic E-state index is 0.300. The molecular weight excluding hydrogens is 435 g/mol. The molecule has 2 aliphatic rings. The zero-order valence-electron chi connectivity index (χ0n) is 16.6. The molecule has 7 nitrogen and oxygen atoms in total.